The number of aryl methyl sites for hydroxylation is 2. The molecule has 0 unspecified atom stereocenters. The van der Waals surface area contributed by atoms with Crippen molar-refractivity contribution in [2.45, 2.75) is 26.9 Å². The van der Waals surface area contributed by atoms with E-state index in [0.717, 1.165) is 21.7 Å². The maximum absolute atomic E-state index is 12.4. The first-order valence-electron chi connectivity index (χ1n) is 8.27. The molecule has 2 rings (SSSR count). The molecule has 146 valence electrons. The fourth-order valence-corrected chi connectivity index (χ4v) is 3.05. The van der Waals surface area contributed by atoms with Crippen LogP contribution in [0.5, 0.6) is 5.75 Å². The van der Waals surface area contributed by atoms with Gasteiger partial charge in [-0.3, -0.25) is 9.10 Å². The Morgan fingerprint density at radius 1 is 1.19 bits per heavy atom. The van der Waals surface area contributed by atoms with Crippen molar-refractivity contribution in [3.8, 4) is 5.75 Å². The smallest absolute Gasteiger partial charge is 0.265 e. The van der Waals surface area contributed by atoms with Gasteiger partial charge in [-0.25, -0.2) is 8.42 Å². The number of anilines is 2. The van der Waals surface area contributed by atoms with Crippen molar-refractivity contribution in [1.29, 1.82) is 0 Å². The molecule has 6 nitrogen and oxygen atoms in total. The Balaban J connectivity index is 2.11. The van der Waals surface area contributed by atoms with Crippen LogP contribution in [0, 0.1) is 13.8 Å². The first-order valence-corrected chi connectivity index (χ1v) is 10.5. The second kappa shape index (κ2) is 8.19. The molecule has 0 spiro atoms. The van der Waals surface area contributed by atoms with E-state index >= 15 is 0 Å². The molecule has 27 heavy (non-hydrogen) atoms. The summed E-state index contributed by atoms with van der Waals surface area (Å²) in [6.07, 6.45) is 0.367. The first kappa shape index (κ1) is 21.1. The van der Waals surface area contributed by atoms with Gasteiger partial charge in [0.15, 0.2) is 6.10 Å². The lowest BCUT2D eigenvalue weighted by molar-refractivity contribution is -0.122. The summed E-state index contributed by atoms with van der Waals surface area (Å²) in [4.78, 5) is 12.4. The molecular weight excluding hydrogens is 388 g/mol. The zero-order valence-corrected chi connectivity index (χ0v) is 17.5. The summed E-state index contributed by atoms with van der Waals surface area (Å²) < 4.78 is 30.2. The van der Waals surface area contributed by atoms with E-state index in [2.05, 4.69) is 5.32 Å². The van der Waals surface area contributed by atoms with Crippen molar-refractivity contribution in [3.63, 3.8) is 0 Å². The molecule has 0 bridgehead atoms. The number of nitrogens with one attached hydrogen (secondary N) is 1. The first-order chi connectivity index (χ1) is 12.5. The molecule has 2 aromatic carbocycles. The highest BCUT2D eigenvalue weighted by Gasteiger charge is 2.17. The molecule has 0 aliphatic carbocycles. The van der Waals surface area contributed by atoms with E-state index in [-0.39, 0.29) is 5.91 Å². The zero-order chi connectivity index (χ0) is 20.4. The zero-order valence-electron chi connectivity index (χ0n) is 15.9. The molecule has 1 amide bonds. The molecule has 0 aliphatic heterocycles. The van der Waals surface area contributed by atoms with Gasteiger partial charge >= 0.3 is 0 Å². The summed E-state index contributed by atoms with van der Waals surface area (Å²) in [5.74, 6) is 0.210. The Morgan fingerprint density at radius 3 is 2.33 bits per heavy atom. The van der Waals surface area contributed by atoms with Crippen LogP contribution in [0.15, 0.2) is 36.4 Å². The van der Waals surface area contributed by atoms with Crippen LogP contribution >= 0.6 is 11.6 Å². The Kier molecular flexibility index (Phi) is 6.38. The average Bonchev–Trinajstić information content (AvgIpc) is 2.58. The molecule has 0 saturated carbocycles. The minimum Gasteiger partial charge on any atom is -0.481 e. The van der Waals surface area contributed by atoms with Crippen LogP contribution < -0.4 is 14.4 Å². The number of hydrogen-bond acceptors (Lipinski definition) is 4. The molecular formula is C19H23ClN2O4S. The van der Waals surface area contributed by atoms with E-state index in [1.54, 1.807) is 43.3 Å². The van der Waals surface area contributed by atoms with Crippen LogP contribution in [0.1, 0.15) is 18.1 Å². The molecule has 0 saturated heterocycles. The predicted molar refractivity (Wildman–Crippen MR) is 109 cm³/mol. The number of ether oxygens (including phenoxy) is 1. The number of amides is 1. The fourth-order valence-electron chi connectivity index (χ4n) is 2.45. The van der Waals surface area contributed by atoms with Gasteiger partial charge in [0, 0.05) is 17.8 Å². The second-order valence-electron chi connectivity index (χ2n) is 6.40. The monoisotopic (exact) mass is 410 g/mol. The van der Waals surface area contributed by atoms with Crippen LogP contribution in [0.25, 0.3) is 0 Å². The van der Waals surface area contributed by atoms with Crippen molar-refractivity contribution < 1.29 is 17.9 Å². The third-order valence-electron chi connectivity index (χ3n) is 4.07. The number of nitrogens with zero attached hydrogens (tertiary/aromatic N) is 1. The normalized spacial score (nSPS) is 12.4. The average molecular weight is 411 g/mol. The Morgan fingerprint density at radius 2 is 1.78 bits per heavy atom. The summed E-state index contributed by atoms with van der Waals surface area (Å²) in [5, 5.41) is 3.41. The van der Waals surface area contributed by atoms with Crippen LogP contribution in [0.4, 0.5) is 11.4 Å². The second-order valence-corrected chi connectivity index (χ2v) is 8.79. The third-order valence-corrected chi connectivity index (χ3v) is 5.87. The lowest BCUT2D eigenvalue weighted by atomic mass is 10.1. The molecule has 0 aromatic heterocycles. The van der Waals surface area contributed by atoms with Crippen molar-refractivity contribution in [1.82, 2.24) is 0 Å². The summed E-state index contributed by atoms with van der Waals surface area (Å²) >= 11 is 6.15. The van der Waals surface area contributed by atoms with Gasteiger partial charge in [0.25, 0.3) is 5.91 Å². The van der Waals surface area contributed by atoms with Crippen molar-refractivity contribution in [2.75, 3.05) is 22.9 Å². The highest BCUT2D eigenvalue weighted by Crippen LogP contribution is 2.27. The Hall–Kier alpha value is -2.25. The molecule has 0 fully saturated rings. The summed E-state index contributed by atoms with van der Waals surface area (Å²) in [5.41, 5.74) is 2.67. The largest absolute Gasteiger partial charge is 0.481 e. The molecule has 0 aliphatic rings. The van der Waals surface area contributed by atoms with Gasteiger partial charge in [-0.1, -0.05) is 17.7 Å². The highest BCUT2D eigenvalue weighted by molar-refractivity contribution is 7.92. The van der Waals surface area contributed by atoms with E-state index in [0.29, 0.717) is 22.1 Å². The minimum atomic E-state index is -3.38. The SMILES string of the molecule is Cc1cc(O[C@@H](C)C(=O)Nc2cccc(N(C)S(C)(=O)=O)c2)cc(C)c1Cl. The standard InChI is InChI=1S/C19H23ClN2O4S/c1-12-9-17(10-13(2)18(12)20)26-14(3)19(23)21-15-7-6-8-16(11-15)22(4)27(5,24)25/h6-11,14H,1-5H3,(H,21,23)/t14-/m0/s1. The molecule has 0 radical (unpaired) electrons. The van der Waals surface area contributed by atoms with Gasteiger partial charge in [0.1, 0.15) is 5.75 Å². The number of carbonyl (C=O) groups is 1. The van der Waals surface area contributed by atoms with Crippen molar-refractivity contribution in [3.05, 3.63) is 52.5 Å². The molecule has 0 heterocycles. The van der Waals surface area contributed by atoms with E-state index in [1.165, 1.54) is 7.05 Å². The van der Waals surface area contributed by atoms with E-state index in [4.69, 9.17) is 16.3 Å². The van der Waals surface area contributed by atoms with Crippen LogP contribution in [-0.4, -0.2) is 33.7 Å². The van der Waals surface area contributed by atoms with Crippen LogP contribution in [-0.2, 0) is 14.8 Å². The highest BCUT2D eigenvalue weighted by atomic mass is 35.5. The summed E-state index contributed by atoms with van der Waals surface area (Å²) in [7, 11) is -1.93. The number of halogens is 1. The van der Waals surface area contributed by atoms with E-state index < -0.39 is 16.1 Å². The molecule has 2 aromatic rings. The van der Waals surface area contributed by atoms with Crippen molar-refractivity contribution >= 4 is 38.9 Å². The fraction of sp³-hybridized carbons (Fsp3) is 0.316. The lowest BCUT2D eigenvalue weighted by Gasteiger charge is -2.19. The quantitative estimate of drug-likeness (QED) is 0.786. The number of hydrogen-bond donors (Lipinski definition) is 1. The minimum absolute atomic E-state index is 0.348. The number of benzene rings is 2. The van der Waals surface area contributed by atoms with Gasteiger partial charge in [-0.15, -0.1) is 0 Å². The molecule has 1 atom stereocenters. The third kappa shape index (κ3) is 5.37. The number of carbonyl (C=O) groups excluding carboxylic acids is 1. The number of sulfonamides is 1. The van der Waals surface area contributed by atoms with Gasteiger partial charge in [0.2, 0.25) is 10.0 Å². The topological polar surface area (TPSA) is 75.7 Å². The maximum Gasteiger partial charge on any atom is 0.265 e. The Labute approximate surface area is 165 Å². The van der Waals surface area contributed by atoms with E-state index in [1.807, 2.05) is 13.8 Å². The lowest BCUT2D eigenvalue weighted by Crippen LogP contribution is -2.30. The summed E-state index contributed by atoms with van der Waals surface area (Å²) in [6, 6.07) is 10.1. The van der Waals surface area contributed by atoms with Gasteiger partial charge in [-0.2, -0.15) is 0 Å². The number of rotatable bonds is 6. The van der Waals surface area contributed by atoms with Gasteiger partial charge < -0.3 is 10.1 Å². The Bertz CT molecular complexity index is 937. The van der Waals surface area contributed by atoms with Gasteiger partial charge in [0.05, 0.1) is 11.9 Å². The van der Waals surface area contributed by atoms with E-state index in [9.17, 15) is 13.2 Å². The predicted octanol–water partition coefficient (Wildman–Crippen LogP) is 3.76. The van der Waals surface area contributed by atoms with Crippen LogP contribution in [0.2, 0.25) is 5.02 Å². The molecule has 1 N–H and O–H groups in total. The van der Waals surface area contributed by atoms with Gasteiger partial charge in [-0.05, 0) is 62.2 Å². The molecule has 8 heteroatoms. The summed E-state index contributed by atoms with van der Waals surface area (Å²) in [6.45, 7) is 5.38. The van der Waals surface area contributed by atoms with Crippen molar-refractivity contribution in [2.24, 2.45) is 0 Å². The van der Waals surface area contributed by atoms with Crippen LogP contribution in [0.3, 0.4) is 0 Å². The maximum atomic E-state index is 12.4.